The second kappa shape index (κ2) is 4.44. The summed E-state index contributed by atoms with van der Waals surface area (Å²) >= 11 is 0. The standard InChI is InChI=1S/C9H16N2O/c1-3-7(2)11-8-4-5-12-9(8)6-10/h7-9,11H,3-5H2,1-2H3. The van der Waals surface area contributed by atoms with Gasteiger partial charge in [-0.25, -0.2) is 0 Å². The zero-order valence-corrected chi connectivity index (χ0v) is 7.71. The van der Waals surface area contributed by atoms with Gasteiger partial charge in [0.1, 0.15) is 0 Å². The van der Waals surface area contributed by atoms with E-state index in [1.807, 2.05) is 0 Å². The highest BCUT2D eigenvalue weighted by atomic mass is 16.5. The largest absolute Gasteiger partial charge is 0.362 e. The predicted octanol–water partition coefficient (Wildman–Crippen LogP) is 1.06. The highest BCUT2D eigenvalue weighted by Crippen LogP contribution is 2.13. The van der Waals surface area contributed by atoms with Crippen LogP contribution in [0.25, 0.3) is 0 Å². The summed E-state index contributed by atoms with van der Waals surface area (Å²) < 4.78 is 5.24. The van der Waals surface area contributed by atoms with E-state index in [9.17, 15) is 0 Å². The van der Waals surface area contributed by atoms with Gasteiger partial charge in [0.2, 0.25) is 0 Å². The second-order valence-electron chi connectivity index (χ2n) is 3.29. The molecule has 1 heterocycles. The van der Waals surface area contributed by atoms with Gasteiger partial charge in [0.15, 0.2) is 6.10 Å². The molecule has 3 heteroatoms. The molecule has 3 nitrogen and oxygen atoms in total. The average molecular weight is 168 g/mol. The lowest BCUT2D eigenvalue weighted by Gasteiger charge is -2.18. The molecule has 0 aromatic heterocycles. The lowest BCUT2D eigenvalue weighted by atomic mass is 10.1. The van der Waals surface area contributed by atoms with Crippen molar-refractivity contribution in [2.75, 3.05) is 6.61 Å². The van der Waals surface area contributed by atoms with E-state index in [1.165, 1.54) is 0 Å². The number of nitrogens with one attached hydrogen (secondary N) is 1. The highest BCUT2D eigenvalue weighted by molar-refractivity contribution is 4.97. The molecule has 1 saturated heterocycles. The zero-order valence-electron chi connectivity index (χ0n) is 7.71. The summed E-state index contributed by atoms with van der Waals surface area (Å²) in [7, 11) is 0. The van der Waals surface area contributed by atoms with Crippen LogP contribution in [0.3, 0.4) is 0 Å². The predicted molar refractivity (Wildman–Crippen MR) is 46.6 cm³/mol. The van der Waals surface area contributed by atoms with Gasteiger partial charge in [0.25, 0.3) is 0 Å². The van der Waals surface area contributed by atoms with Crippen LogP contribution < -0.4 is 5.32 Å². The van der Waals surface area contributed by atoms with Crippen molar-refractivity contribution in [3.8, 4) is 6.07 Å². The molecule has 0 aliphatic carbocycles. The van der Waals surface area contributed by atoms with E-state index in [-0.39, 0.29) is 12.1 Å². The van der Waals surface area contributed by atoms with Crippen LogP contribution in [0.4, 0.5) is 0 Å². The number of hydrogen-bond donors (Lipinski definition) is 1. The maximum Gasteiger partial charge on any atom is 0.159 e. The molecule has 1 aliphatic heterocycles. The summed E-state index contributed by atoms with van der Waals surface area (Å²) in [6, 6.07) is 2.88. The van der Waals surface area contributed by atoms with Crippen molar-refractivity contribution in [2.45, 2.75) is 44.9 Å². The smallest absolute Gasteiger partial charge is 0.159 e. The summed E-state index contributed by atoms with van der Waals surface area (Å²) in [6.07, 6.45) is 1.82. The van der Waals surface area contributed by atoms with E-state index >= 15 is 0 Å². The van der Waals surface area contributed by atoms with Crippen molar-refractivity contribution in [1.82, 2.24) is 5.32 Å². The fourth-order valence-corrected chi connectivity index (χ4v) is 1.37. The Morgan fingerprint density at radius 2 is 2.50 bits per heavy atom. The number of nitriles is 1. The van der Waals surface area contributed by atoms with Crippen LogP contribution in [-0.4, -0.2) is 24.8 Å². The Balaban J connectivity index is 2.36. The molecule has 1 rings (SSSR count). The molecule has 68 valence electrons. The van der Waals surface area contributed by atoms with Crippen molar-refractivity contribution in [3.05, 3.63) is 0 Å². The molecule has 1 fully saturated rings. The third kappa shape index (κ3) is 2.20. The van der Waals surface area contributed by atoms with Gasteiger partial charge in [-0.1, -0.05) is 6.92 Å². The monoisotopic (exact) mass is 168 g/mol. The molecule has 0 saturated carbocycles. The Hall–Kier alpha value is -0.590. The summed E-state index contributed by atoms with van der Waals surface area (Å²) in [5.74, 6) is 0. The molecule has 12 heavy (non-hydrogen) atoms. The van der Waals surface area contributed by atoms with Crippen molar-refractivity contribution in [3.63, 3.8) is 0 Å². The average Bonchev–Trinajstić information content (AvgIpc) is 2.51. The van der Waals surface area contributed by atoms with Crippen LogP contribution >= 0.6 is 0 Å². The first kappa shape index (κ1) is 9.50. The Morgan fingerprint density at radius 1 is 1.75 bits per heavy atom. The minimum atomic E-state index is -0.237. The number of hydrogen-bond acceptors (Lipinski definition) is 3. The lowest BCUT2D eigenvalue weighted by molar-refractivity contribution is 0.137. The molecule has 3 unspecified atom stereocenters. The van der Waals surface area contributed by atoms with Crippen molar-refractivity contribution in [1.29, 1.82) is 5.26 Å². The summed E-state index contributed by atoms with van der Waals surface area (Å²) in [6.45, 7) is 4.98. The zero-order chi connectivity index (χ0) is 8.97. The van der Waals surface area contributed by atoms with E-state index in [1.54, 1.807) is 0 Å². The van der Waals surface area contributed by atoms with Gasteiger partial charge in [0.05, 0.1) is 12.7 Å². The van der Waals surface area contributed by atoms with Crippen LogP contribution in [0.2, 0.25) is 0 Å². The Morgan fingerprint density at radius 3 is 3.08 bits per heavy atom. The fraction of sp³-hybridized carbons (Fsp3) is 0.889. The van der Waals surface area contributed by atoms with E-state index in [0.29, 0.717) is 12.6 Å². The minimum absolute atomic E-state index is 0.237. The van der Waals surface area contributed by atoms with Gasteiger partial charge in [-0.3, -0.25) is 0 Å². The maximum absolute atomic E-state index is 8.71. The number of rotatable bonds is 3. The molecule has 0 radical (unpaired) electrons. The minimum Gasteiger partial charge on any atom is -0.362 e. The van der Waals surface area contributed by atoms with E-state index in [2.05, 4.69) is 25.2 Å². The van der Waals surface area contributed by atoms with E-state index in [4.69, 9.17) is 10.00 Å². The lowest BCUT2D eigenvalue weighted by Crippen LogP contribution is -2.40. The third-order valence-corrected chi connectivity index (χ3v) is 2.33. The van der Waals surface area contributed by atoms with Gasteiger partial charge >= 0.3 is 0 Å². The molecule has 1 aliphatic rings. The van der Waals surface area contributed by atoms with Crippen LogP contribution in [-0.2, 0) is 4.74 Å². The Kier molecular flexibility index (Phi) is 3.51. The molecular weight excluding hydrogens is 152 g/mol. The normalized spacial score (nSPS) is 31.4. The van der Waals surface area contributed by atoms with Gasteiger partial charge in [0, 0.05) is 12.1 Å². The van der Waals surface area contributed by atoms with E-state index in [0.717, 1.165) is 12.8 Å². The summed E-state index contributed by atoms with van der Waals surface area (Å²) in [4.78, 5) is 0. The molecule has 1 N–H and O–H groups in total. The first-order chi connectivity index (χ1) is 5.77. The SMILES string of the molecule is CCC(C)NC1CCOC1C#N. The topological polar surface area (TPSA) is 45.0 Å². The van der Waals surface area contributed by atoms with Gasteiger partial charge in [-0.05, 0) is 19.8 Å². The Bertz CT molecular complexity index is 176. The fourth-order valence-electron chi connectivity index (χ4n) is 1.37. The molecular formula is C9H16N2O. The summed E-state index contributed by atoms with van der Waals surface area (Å²) in [5.41, 5.74) is 0. The van der Waals surface area contributed by atoms with Crippen molar-refractivity contribution < 1.29 is 4.74 Å². The van der Waals surface area contributed by atoms with E-state index < -0.39 is 0 Å². The quantitative estimate of drug-likeness (QED) is 0.685. The van der Waals surface area contributed by atoms with Crippen LogP contribution in [0.5, 0.6) is 0 Å². The first-order valence-corrected chi connectivity index (χ1v) is 4.55. The van der Waals surface area contributed by atoms with Crippen molar-refractivity contribution in [2.24, 2.45) is 0 Å². The third-order valence-electron chi connectivity index (χ3n) is 2.33. The molecule has 0 amide bonds. The van der Waals surface area contributed by atoms with Crippen LogP contribution in [0, 0.1) is 11.3 Å². The van der Waals surface area contributed by atoms with Gasteiger partial charge in [-0.15, -0.1) is 0 Å². The molecule has 0 bridgehead atoms. The first-order valence-electron chi connectivity index (χ1n) is 4.55. The number of nitrogens with zero attached hydrogens (tertiary/aromatic N) is 1. The molecule has 0 aromatic carbocycles. The molecule has 0 spiro atoms. The Labute approximate surface area is 73.7 Å². The van der Waals surface area contributed by atoms with Crippen LogP contribution in [0.1, 0.15) is 26.7 Å². The number of ether oxygens (including phenoxy) is 1. The molecule has 3 atom stereocenters. The van der Waals surface area contributed by atoms with Crippen molar-refractivity contribution >= 4 is 0 Å². The second-order valence-corrected chi connectivity index (χ2v) is 3.29. The van der Waals surface area contributed by atoms with Crippen LogP contribution in [0.15, 0.2) is 0 Å². The van der Waals surface area contributed by atoms with Gasteiger partial charge < -0.3 is 10.1 Å². The maximum atomic E-state index is 8.71. The highest BCUT2D eigenvalue weighted by Gasteiger charge is 2.28. The van der Waals surface area contributed by atoms with Gasteiger partial charge in [-0.2, -0.15) is 5.26 Å². The summed E-state index contributed by atoms with van der Waals surface area (Å²) in [5, 5.41) is 12.1. The molecule has 0 aromatic rings.